The topological polar surface area (TPSA) is 95.5 Å². The number of rotatable bonds is 11. The third-order valence-electron chi connectivity index (χ3n) is 4.39. The Labute approximate surface area is 198 Å². The fourth-order valence-corrected chi connectivity index (χ4v) is 2.85. The van der Waals surface area contributed by atoms with Crippen LogP contribution in [0.2, 0.25) is 0 Å². The molecule has 0 unspecified atom stereocenters. The Kier molecular flexibility index (Phi) is 9.04. The Morgan fingerprint density at radius 2 is 1.53 bits per heavy atom. The first-order valence-electron chi connectivity index (χ1n) is 10.8. The van der Waals surface area contributed by atoms with Gasteiger partial charge in [-0.05, 0) is 74.0 Å². The first kappa shape index (κ1) is 24.3. The molecule has 8 nitrogen and oxygen atoms in total. The van der Waals surface area contributed by atoms with Gasteiger partial charge in [-0.25, -0.2) is 10.2 Å². The summed E-state index contributed by atoms with van der Waals surface area (Å²) in [7, 11) is 0. The number of carbonyl (C=O) groups is 2. The van der Waals surface area contributed by atoms with Crippen LogP contribution in [-0.2, 0) is 4.79 Å². The lowest BCUT2D eigenvalue weighted by atomic mass is 10.2. The fraction of sp³-hybridized carbons (Fsp3) is 0.192. The Balaban J connectivity index is 1.59. The van der Waals surface area contributed by atoms with E-state index in [2.05, 4.69) is 10.5 Å². The second kappa shape index (κ2) is 12.6. The van der Waals surface area contributed by atoms with E-state index in [1.807, 2.05) is 32.0 Å². The van der Waals surface area contributed by atoms with Gasteiger partial charge in [-0.3, -0.25) is 4.79 Å². The number of nitrogens with zero attached hydrogens (tertiary/aromatic N) is 1. The summed E-state index contributed by atoms with van der Waals surface area (Å²) in [5, 5.41) is 3.94. The molecule has 34 heavy (non-hydrogen) atoms. The maximum Gasteiger partial charge on any atom is 0.343 e. The summed E-state index contributed by atoms with van der Waals surface area (Å²) in [6, 6.07) is 20.7. The molecule has 0 aliphatic heterocycles. The summed E-state index contributed by atoms with van der Waals surface area (Å²) < 4.78 is 21.9. The number of para-hydroxylation sites is 1. The molecule has 0 spiro atoms. The van der Waals surface area contributed by atoms with Crippen LogP contribution in [0.3, 0.4) is 0 Å². The second-order valence-electron chi connectivity index (χ2n) is 6.88. The minimum absolute atomic E-state index is 0.161. The van der Waals surface area contributed by atoms with Gasteiger partial charge in [-0.2, -0.15) is 5.10 Å². The highest BCUT2D eigenvalue weighted by atomic mass is 16.6. The van der Waals surface area contributed by atoms with Crippen molar-refractivity contribution >= 4 is 18.1 Å². The van der Waals surface area contributed by atoms with Gasteiger partial charge >= 0.3 is 5.97 Å². The van der Waals surface area contributed by atoms with Crippen LogP contribution in [0.5, 0.6) is 23.0 Å². The van der Waals surface area contributed by atoms with E-state index in [0.29, 0.717) is 41.6 Å². The SMILES string of the molecule is CCOc1ccc(C(=O)Oc2ccc(C=NNC(=O)COc3ccccc3)cc2OCC)cc1. The largest absolute Gasteiger partial charge is 0.494 e. The number of hydrazone groups is 1. The van der Waals surface area contributed by atoms with Crippen LogP contribution in [0.15, 0.2) is 77.9 Å². The monoisotopic (exact) mass is 462 g/mol. The molecule has 0 atom stereocenters. The summed E-state index contributed by atoms with van der Waals surface area (Å²) in [5.74, 6) is 1.01. The van der Waals surface area contributed by atoms with Gasteiger partial charge in [0.25, 0.3) is 5.91 Å². The molecule has 0 fully saturated rings. The summed E-state index contributed by atoms with van der Waals surface area (Å²) in [5.41, 5.74) is 3.44. The van der Waals surface area contributed by atoms with E-state index < -0.39 is 11.9 Å². The van der Waals surface area contributed by atoms with Crippen LogP contribution in [0.1, 0.15) is 29.8 Å². The van der Waals surface area contributed by atoms with Crippen molar-refractivity contribution in [2.24, 2.45) is 5.10 Å². The molecule has 0 heterocycles. The van der Waals surface area contributed by atoms with E-state index in [1.165, 1.54) is 6.21 Å². The summed E-state index contributed by atoms with van der Waals surface area (Å²) in [6.07, 6.45) is 1.46. The maximum atomic E-state index is 12.5. The number of nitrogens with one attached hydrogen (secondary N) is 1. The zero-order chi connectivity index (χ0) is 24.2. The molecule has 0 aliphatic rings. The molecule has 0 saturated carbocycles. The molecular formula is C26H26N2O6. The van der Waals surface area contributed by atoms with Crippen molar-refractivity contribution in [1.82, 2.24) is 5.43 Å². The van der Waals surface area contributed by atoms with Gasteiger partial charge < -0.3 is 18.9 Å². The number of benzene rings is 3. The maximum absolute atomic E-state index is 12.5. The quantitative estimate of drug-likeness (QED) is 0.198. The van der Waals surface area contributed by atoms with Gasteiger partial charge in [0.2, 0.25) is 0 Å². The lowest BCUT2D eigenvalue weighted by Gasteiger charge is -2.11. The first-order valence-corrected chi connectivity index (χ1v) is 10.8. The van der Waals surface area contributed by atoms with E-state index in [1.54, 1.807) is 54.6 Å². The third kappa shape index (κ3) is 7.37. The zero-order valence-corrected chi connectivity index (χ0v) is 19.0. The average Bonchev–Trinajstić information content (AvgIpc) is 2.85. The molecule has 0 aliphatic carbocycles. The first-order chi connectivity index (χ1) is 16.6. The van der Waals surface area contributed by atoms with Crippen molar-refractivity contribution in [3.8, 4) is 23.0 Å². The Hall–Kier alpha value is -4.33. The molecule has 1 amide bonds. The number of hydrogen-bond acceptors (Lipinski definition) is 7. The minimum atomic E-state index is -0.518. The van der Waals surface area contributed by atoms with Crippen LogP contribution in [0.4, 0.5) is 0 Å². The molecule has 0 aromatic heterocycles. The van der Waals surface area contributed by atoms with Crippen molar-refractivity contribution in [3.63, 3.8) is 0 Å². The average molecular weight is 463 g/mol. The van der Waals surface area contributed by atoms with E-state index in [4.69, 9.17) is 18.9 Å². The van der Waals surface area contributed by atoms with Crippen molar-refractivity contribution in [2.45, 2.75) is 13.8 Å². The molecule has 1 N–H and O–H groups in total. The molecule has 8 heteroatoms. The second-order valence-corrected chi connectivity index (χ2v) is 6.88. The van der Waals surface area contributed by atoms with Crippen LogP contribution in [0, 0.1) is 0 Å². The fourth-order valence-electron chi connectivity index (χ4n) is 2.85. The molecule has 176 valence electrons. The third-order valence-corrected chi connectivity index (χ3v) is 4.39. The van der Waals surface area contributed by atoms with Gasteiger partial charge in [-0.15, -0.1) is 0 Å². The highest BCUT2D eigenvalue weighted by molar-refractivity contribution is 5.92. The van der Waals surface area contributed by atoms with Crippen molar-refractivity contribution in [1.29, 1.82) is 0 Å². The minimum Gasteiger partial charge on any atom is -0.494 e. The lowest BCUT2D eigenvalue weighted by Crippen LogP contribution is -2.24. The Bertz CT molecular complexity index is 1110. The molecule has 0 bridgehead atoms. The Morgan fingerprint density at radius 3 is 2.24 bits per heavy atom. The summed E-state index contributed by atoms with van der Waals surface area (Å²) in [6.45, 7) is 4.47. The summed E-state index contributed by atoms with van der Waals surface area (Å²) in [4.78, 5) is 24.4. The lowest BCUT2D eigenvalue weighted by molar-refractivity contribution is -0.123. The summed E-state index contributed by atoms with van der Waals surface area (Å²) >= 11 is 0. The van der Waals surface area contributed by atoms with Crippen molar-refractivity contribution in [3.05, 3.63) is 83.9 Å². The van der Waals surface area contributed by atoms with Gasteiger partial charge in [0.1, 0.15) is 11.5 Å². The molecule has 0 saturated heterocycles. The highest BCUT2D eigenvalue weighted by Gasteiger charge is 2.13. The van der Waals surface area contributed by atoms with Gasteiger partial charge in [0.15, 0.2) is 18.1 Å². The number of esters is 1. The van der Waals surface area contributed by atoms with Gasteiger partial charge in [0.05, 0.1) is 25.0 Å². The molecule has 0 radical (unpaired) electrons. The highest BCUT2D eigenvalue weighted by Crippen LogP contribution is 2.29. The number of hydrogen-bond donors (Lipinski definition) is 1. The smallest absolute Gasteiger partial charge is 0.343 e. The molecular weight excluding hydrogens is 436 g/mol. The number of carbonyl (C=O) groups excluding carboxylic acids is 2. The van der Waals surface area contributed by atoms with Crippen molar-refractivity contribution < 1.29 is 28.5 Å². The molecule has 3 rings (SSSR count). The van der Waals surface area contributed by atoms with Gasteiger partial charge in [-0.1, -0.05) is 18.2 Å². The van der Waals surface area contributed by atoms with E-state index in [-0.39, 0.29) is 12.4 Å². The van der Waals surface area contributed by atoms with E-state index >= 15 is 0 Å². The van der Waals surface area contributed by atoms with E-state index in [9.17, 15) is 9.59 Å². The van der Waals surface area contributed by atoms with Crippen LogP contribution < -0.4 is 24.4 Å². The predicted octanol–water partition coefficient (Wildman–Crippen LogP) is 4.23. The normalized spacial score (nSPS) is 10.5. The van der Waals surface area contributed by atoms with Crippen LogP contribution >= 0.6 is 0 Å². The molecule has 3 aromatic carbocycles. The van der Waals surface area contributed by atoms with Crippen LogP contribution in [-0.4, -0.2) is 37.9 Å². The standard InChI is InChI=1S/C26H26N2O6/c1-3-31-22-13-11-20(12-14-22)26(30)34-23-15-10-19(16-24(23)32-4-2)17-27-28-25(29)18-33-21-8-6-5-7-9-21/h5-17H,3-4,18H2,1-2H3,(H,28,29). The predicted molar refractivity (Wildman–Crippen MR) is 128 cm³/mol. The van der Waals surface area contributed by atoms with Crippen LogP contribution in [0.25, 0.3) is 0 Å². The van der Waals surface area contributed by atoms with Crippen molar-refractivity contribution in [2.75, 3.05) is 19.8 Å². The number of amides is 1. The number of ether oxygens (including phenoxy) is 4. The van der Waals surface area contributed by atoms with E-state index in [0.717, 1.165) is 0 Å². The van der Waals surface area contributed by atoms with Gasteiger partial charge in [0, 0.05) is 0 Å². The Morgan fingerprint density at radius 1 is 0.824 bits per heavy atom. The zero-order valence-electron chi connectivity index (χ0n) is 19.0. The molecule has 3 aromatic rings.